The van der Waals surface area contributed by atoms with Crippen molar-refractivity contribution in [3.05, 3.63) is 54.4 Å². The van der Waals surface area contributed by atoms with Crippen LogP contribution in [0.4, 0.5) is 33.5 Å². The molecule has 0 bridgehead atoms. The maximum Gasteiger partial charge on any atom is 0.487 e. The Kier molecular flexibility index (Phi) is 7.31. The van der Waals surface area contributed by atoms with Crippen molar-refractivity contribution in [1.82, 2.24) is 20.1 Å². The van der Waals surface area contributed by atoms with E-state index in [9.17, 15) is 26.7 Å². The van der Waals surface area contributed by atoms with Crippen LogP contribution in [-0.2, 0) is 0 Å². The number of piperazine rings is 1. The molecule has 2 N–H and O–H groups in total. The quantitative estimate of drug-likeness (QED) is 0.344. The number of carbonyl (C=O) groups is 1. The predicted molar refractivity (Wildman–Crippen MR) is 122 cm³/mol. The Morgan fingerprint density at radius 3 is 2.36 bits per heavy atom. The van der Waals surface area contributed by atoms with Crippen LogP contribution in [0.2, 0.25) is 0 Å². The van der Waals surface area contributed by atoms with E-state index in [2.05, 4.69) is 25.2 Å². The third kappa shape index (κ3) is 6.82. The number of aromatic amines is 1. The fraction of sp³-hybridized carbons (Fsp3) is 0.318. The Morgan fingerprint density at radius 2 is 1.78 bits per heavy atom. The van der Waals surface area contributed by atoms with Crippen molar-refractivity contribution in [1.29, 1.82) is 0 Å². The Balaban J connectivity index is 1.50. The summed E-state index contributed by atoms with van der Waals surface area (Å²) in [7, 11) is 0. The van der Waals surface area contributed by atoms with Gasteiger partial charge in [0.2, 0.25) is 0 Å². The van der Waals surface area contributed by atoms with Crippen molar-refractivity contribution >= 4 is 29.0 Å². The highest BCUT2D eigenvalue weighted by Crippen LogP contribution is 2.30. The molecule has 1 saturated heterocycles. The molecule has 3 aromatic rings. The van der Waals surface area contributed by atoms with Crippen molar-refractivity contribution in [3.8, 4) is 17.0 Å². The number of hydrogen-bond acceptors (Lipinski definition) is 6. The molecule has 0 spiro atoms. The summed E-state index contributed by atoms with van der Waals surface area (Å²) in [4.78, 5) is 20.5. The molecule has 36 heavy (non-hydrogen) atoms. The molecule has 1 aliphatic rings. The van der Waals surface area contributed by atoms with Crippen LogP contribution in [0.1, 0.15) is 10.4 Å². The number of pyridine rings is 1. The van der Waals surface area contributed by atoms with E-state index >= 15 is 0 Å². The van der Waals surface area contributed by atoms with Gasteiger partial charge in [0.05, 0.1) is 17.8 Å². The van der Waals surface area contributed by atoms with Crippen LogP contribution in [0, 0.1) is 0 Å². The molecule has 1 fully saturated rings. The van der Waals surface area contributed by atoms with E-state index < -0.39 is 24.2 Å². The number of ether oxygens (including phenoxy) is 1. The molecule has 0 radical (unpaired) electrons. The van der Waals surface area contributed by atoms with Gasteiger partial charge in [0.25, 0.3) is 5.91 Å². The maximum atomic E-state index is 12.8. The average Bonchev–Trinajstić information content (AvgIpc) is 3.33. The first kappa shape index (κ1) is 25.6. The van der Waals surface area contributed by atoms with E-state index in [0.717, 1.165) is 0 Å². The van der Waals surface area contributed by atoms with Gasteiger partial charge in [-0.15, -0.1) is 8.78 Å². The molecule has 0 unspecified atom stereocenters. The molecular formula is C22H20ClF5N6O2. The number of nitrogens with one attached hydrogen (secondary N) is 2. The summed E-state index contributed by atoms with van der Waals surface area (Å²) in [5.74, 6) is -0.192. The highest BCUT2D eigenvalue weighted by Gasteiger charge is 2.33. The number of carbonyl (C=O) groups excluding carboxylic acids is 1. The summed E-state index contributed by atoms with van der Waals surface area (Å²) in [5, 5.41) is 9.39. The Hall–Kier alpha value is -3.45. The molecule has 14 heteroatoms. The minimum absolute atomic E-state index is 0.184. The molecular weight excluding hydrogens is 511 g/mol. The monoisotopic (exact) mass is 530 g/mol. The lowest BCUT2D eigenvalue weighted by Crippen LogP contribution is -2.49. The van der Waals surface area contributed by atoms with Crippen LogP contribution in [0.3, 0.4) is 0 Å². The number of benzene rings is 1. The topological polar surface area (TPSA) is 86.4 Å². The lowest BCUT2D eigenvalue weighted by atomic mass is 10.1. The first-order chi connectivity index (χ1) is 17.0. The van der Waals surface area contributed by atoms with Gasteiger partial charge in [-0.2, -0.15) is 18.3 Å². The standard InChI is InChI=1S/C22H20ClF5N6O2/c23-22(27,28)36-16-3-1-15(2-4-16)31-20(35)14-11-17(18-5-6-30-32-18)19(29-12-14)34-9-7-33(8-10-34)13-21(24,25)26/h1-6,11-12H,7-10,13H2,(H,30,32)(H,31,35). The van der Waals surface area contributed by atoms with Crippen LogP contribution < -0.4 is 15.0 Å². The number of alkyl halides is 6. The SMILES string of the molecule is O=C(Nc1ccc(OC(F)(F)Cl)cc1)c1cnc(N2CCN(CC(F)(F)F)CC2)c(-c2ccn[nH]2)c1. The first-order valence-electron chi connectivity index (χ1n) is 10.7. The number of nitrogens with zero attached hydrogens (tertiary/aromatic N) is 4. The fourth-order valence-corrected chi connectivity index (χ4v) is 3.84. The summed E-state index contributed by atoms with van der Waals surface area (Å²) < 4.78 is 67.9. The average molecular weight is 531 g/mol. The molecule has 0 saturated carbocycles. The zero-order valence-corrected chi connectivity index (χ0v) is 19.3. The van der Waals surface area contributed by atoms with Gasteiger partial charge in [-0.3, -0.25) is 14.8 Å². The van der Waals surface area contributed by atoms with Gasteiger partial charge in [0.1, 0.15) is 11.6 Å². The van der Waals surface area contributed by atoms with Gasteiger partial charge in [-0.05, 0) is 36.4 Å². The third-order valence-corrected chi connectivity index (χ3v) is 5.42. The van der Waals surface area contributed by atoms with Gasteiger partial charge in [0.15, 0.2) is 0 Å². The molecule has 192 valence electrons. The number of anilines is 2. The van der Waals surface area contributed by atoms with Gasteiger partial charge < -0.3 is 15.0 Å². The smallest absolute Gasteiger partial charge is 0.420 e. The molecule has 4 rings (SSSR count). The maximum absolute atomic E-state index is 12.8. The number of rotatable bonds is 7. The lowest BCUT2D eigenvalue weighted by Gasteiger charge is -2.36. The van der Waals surface area contributed by atoms with Crippen LogP contribution in [0.25, 0.3) is 11.3 Å². The van der Waals surface area contributed by atoms with Crippen molar-refractivity contribution < 1.29 is 31.5 Å². The third-order valence-electron chi connectivity index (χ3n) is 5.34. The zero-order valence-electron chi connectivity index (χ0n) is 18.5. The van der Waals surface area contributed by atoms with Gasteiger partial charge >= 0.3 is 11.7 Å². The van der Waals surface area contributed by atoms with E-state index in [4.69, 9.17) is 11.6 Å². The second-order valence-electron chi connectivity index (χ2n) is 7.97. The lowest BCUT2D eigenvalue weighted by molar-refractivity contribution is -0.146. The molecule has 1 amide bonds. The Labute approximate surface area is 207 Å². The zero-order chi connectivity index (χ0) is 25.9. The highest BCUT2D eigenvalue weighted by molar-refractivity contribution is 6.20. The number of halogens is 6. The van der Waals surface area contributed by atoms with Crippen molar-refractivity contribution in [2.75, 3.05) is 42.9 Å². The molecule has 2 aromatic heterocycles. The minimum Gasteiger partial charge on any atom is -0.420 e. The fourth-order valence-electron chi connectivity index (χ4n) is 3.75. The number of amides is 1. The Morgan fingerprint density at radius 1 is 1.08 bits per heavy atom. The summed E-state index contributed by atoms with van der Waals surface area (Å²) in [6, 6.07) is 8.47. The van der Waals surface area contributed by atoms with Crippen molar-refractivity contribution in [2.45, 2.75) is 11.7 Å². The van der Waals surface area contributed by atoms with Gasteiger partial charge in [0, 0.05) is 61.4 Å². The summed E-state index contributed by atoms with van der Waals surface area (Å²) >= 11 is 4.74. The summed E-state index contributed by atoms with van der Waals surface area (Å²) in [6.07, 6.45) is -1.38. The van der Waals surface area contributed by atoms with Crippen LogP contribution in [-0.4, -0.2) is 70.5 Å². The first-order valence-corrected chi connectivity index (χ1v) is 11.1. The second kappa shape index (κ2) is 10.3. The van der Waals surface area contributed by atoms with Gasteiger partial charge in [-0.25, -0.2) is 4.98 Å². The van der Waals surface area contributed by atoms with E-state index in [1.165, 1.54) is 41.6 Å². The second-order valence-corrected chi connectivity index (χ2v) is 8.41. The minimum atomic E-state index is -4.26. The number of aromatic nitrogens is 3. The molecule has 8 nitrogen and oxygen atoms in total. The van der Waals surface area contributed by atoms with Gasteiger partial charge in [-0.1, -0.05) is 0 Å². The molecule has 1 aliphatic heterocycles. The van der Waals surface area contributed by atoms with Crippen molar-refractivity contribution in [2.24, 2.45) is 0 Å². The van der Waals surface area contributed by atoms with E-state index in [0.29, 0.717) is 35.9 Å². The van der Waals surface area contributed by atoms with E-state index in [-0.39, 0.29) is 24.4 Å². The van der Waals surface area contributed by atoms with Crippen LogP contribution >= 0.6 is 11.6 Å². The van der Waals surface area contributed by atoms with Crippen LogP contribution in [0.15, 0.2) is 48.8 Å². The molecule has 3 heterocycles. The van der Waals surface area contributed by atoms with E-state index in [1.807, 2.05) is 4.90 Å². The normalized spacial score (nSPS) is 15.1. The summed E-state index contributed by atoms with van der Waals surface area (Å²) in [6.45, 7) is 0.0989. The number of hydrogen-bond donors (Lipinski definition) is 2. The Bertz CT molecular complexity index is 1180. The predicted octanol–water partition coefficient (Wildman–Crippen LogP) is 4.58. The van der Waals surface area contributed by atoms with Crippen LogP contribution in [0.5, 0.6) is 5.75 Å². The summed E-state index contributed by atoms with van der Waals surface area (Å²) in [5.41, 5.74) is -2.21. The van der Waals surface area contributed by atoms with E-state index in [1.54, 1.807) is 12.1 Å². The highest BCUT2D eigenvalue weighted by atomic mass is 35.5. The molecule has 0 aliphatic carbocycles. The molecule has 0 atom stereocenters. The van der Waals surface area contributed by atoms with Crippen molar-refractivity contribution in [3.63, 3.8) is 0 Å². The largest absolute Gasteiger partial charge is 0.487 e. The number of H-pyrrole nitrogens is 1. The molecule has 1 aromatic carbocycles.